The molecule has 6 aromatic rings. The molecule has 168 valence electrons. The lowest BCUT2D eigenvalue weighted by molar-refractivity contribution is 0.657. The van der Waals surface area contributed by atoms with Gasteiger partial charge in [-0.2, -0.15) is 9.49 Å². The van der Waals surface area contributed by atoms with Gasteiger partial charge in [0, 0.05) is 63.7 Å². The maximum atomic E-state index is 13.6. The third-order valence-corrected chi connectivity index (χ3v) is 6.67. The van der Waals surface area contributed by atoms with E-state index in [1.54, 1.807) is 18.5 Å². The van der Waals surface area contributed by atoms with Gasteiger partial charge in [0.2, 0.25) is 0 Å². The van der Waals surface area contributed by atoms with Crippen molar-refractivity contribution in [1.29, 1.82) is 0 Å². The van der Waals surface area contributed by atoms with Crippen molar-refractivity contribution in [3.8, 4) is 33.0 Å². The quantitative estimate of drug-likeness (QED) is 0.298. The molecule has 0 unspecified atom stereocenters. The largest absolute Gasteiger partial charge is 0.352 e. The number of hydrogen-bond acceptors (Lipinski definition) is 6. The third-order valence-electron chi connectivity index (χ3n) is 5.76. The number of hydrogen-bond donors (Lipinski definition) is 3. The fourth-order valence-corrected chi connectivity index (χ4v) is 4.87. The minimum absolute atomic E-state index is 0.219. The van der Waals surface area contributed by atoms with E-state index in [1.165, 1.54) is 6.07 Å². The number of aromatic nitrogens is 6. The van der Waals surface area contributed by atoms with E-state index in [-0.39, 0.29) is 5.13 Å². The van der Waals surface area contributed by atoms with E-state index in [4.69, 9.17) is 0 Å². The van der Waals surface area contributed by atoms with Gasteiger partial charge in [0.25, 0.3) is 0 Å². The molecule has 0 saturated carbocycles. The Morgan fingerprint density at radius 3 is 2.71 bits per heavy atom. The minimum atomic E-state index is -0.219. The fourth-order valence-electron chi connectivity index (χ4n) is 4.11. The molecule has 0 amide bonds. The SMILES string of the molecule is CCNCc1cncc(-c2cnc3[nH]nc(-c4cc5c(-c6ccc(F)s6)cncc5[nH]4)c3c2)c1. The molecule has 6 heterocycles. The van der Waals surface area contributed by atoms with Gasteiger partial charge in [0.1, 0.15) is 5.69 Å². The number of thiophene rings is 1. The second-order valence-electron chi connectivity index (χ2n) is 7.99. The highest BCUT2D eigenvalue weighted by atomic mass is 32.1. The summed E-state index contributed by atoms with van der Waals surface area (Å²) in [5, 5.41) is 12.5. The molecule has 0 aliphatic carbocycles. The molecule has 0 fully saturated rings. The summed E-state index contributed by atoms with van der Waals surface area (Å²) in [4.78, 5) is 17.6. The molecule has 0 radical (unpaired) electrons. The number of aromatic amines is 2. The second-order valence-corrected chi connectivity index (χ2v) is 9.02. The Kier molecular flexibility index (Phi) is 5.12. The Morgan fingerprint density at radius 2 is 1.85 bits per heavy atom. The van der Waals surface area contributed by atoms with Gasteiger partial charge < -0.3 is 10.3 Å². The Morgan fingerprint density at radius 1 is 0.971 bits per heavy atom. The van der Waals surface area contributed by atoms with Crippen LogP contribution >= 0.6 is 11.3 Å². The highest BCUT2D eigenvalue weighted by Gasteiger charge is 2.16. The Hall–Kier alpha value is -3.95. The van der Waals surface area contributed by atoms with Crippen molar-refractivity contribution in [2.24, 2.45) is 0 Å². The summed E-state index contributed by atoms with van der Waals surface area (Å²) in [6.07, 6.45) is 9.08. The average molecular weight is 470 g/mol. The first-order valence-electron chi connectivity index (χ1n) is 10.9. The van der Waals surface area contributed by atoms with Gasteiger partial charge in [0.05, 0.1) is 17.4 Å². The van der Waals surface area contributed by atoms with Gasteiger partial charge in [0.15, 0.2) is 10.8 Å². The van der Waals surface area contributed by atoms with Crippen molar-refractivity contribution in [3.63, 3.8) is 0 Å². The highest BCUT2D eigenvalue weighted by Crippen LogP contribution is 2.36. The van der Waals surface area contributed by atoms with Crippen LogP contribution in [0.25, 0.3) is 54.9 Å². The second kappa shape index (κ2) is 8.44. The molecule has 0 bridgehead atoms. The predicted molar refractivity (Wildman–Crippen MR) is 133 cm³/mol. The first-order valence-corrected chi connectivity index (χ1v) is 11.7. The van der Waals surface area contributed by atoms with Crippen LogP contribution in [0.2, 0.25) is 0 Å². The molecule has 3 N–H and O–H groups in total. The number of nitrogens with one attached hydrogen (secondary N) is 3. The van der Waals surface area contributed by atoms with Gasteiger partial charge in [-0.15, -0.1) is 11.3 Å². The van der Waals surface area contributed by atoms with Crippen LogP contribution in [0, 0.1) is 5.13 Å². The summed E-state index contributed by atoms with van der Waals surface area (Å²) in [7, 11) is 0. The van der Waals surface area contributed by atoms with Gasteiger partial charge in [-0.1, -0.05) is 6.92 Å². The lowest BCUT2D eigenvalue weighted by Gasteiger charge is -2.05. The van der Waals surface area contributed by atoms with Crippen LogP contribution in [0.3, 0.4) is 0 Å². The average Bonchev–Trinajstić information content (AvgIpc) is 3.59. The number of nitrogens with zero attached hydrogens (tertiary/aromatic N) is 4. The standard InChI is InChI=1S/C25H20FN7S/c1-2-27-8-14-5-15(10-28-9-14)16-6-18-24(32-33-25(18)30-11-16)20-7-17-19(12-29-13-21(17)31-20)22-3-4-23(26)34-22/h3-7,9-13,27,31H,2,8H2,1H3,(H,30,32,33). The molecule has 0 aliphatic heterocycles. The molecule has 6 rings (SSSR count). The summed E-state index contributed by atoms with van der Waals surface area (Å²) < 4.78 is 13.6. The zero-order chi connectivity index (χ0) is 23.1. The first kappa shape index (κ1) is 20.6. The van der Waals surface area contributed by atoms with Crippen molar-refractivity contribution in [2.75, 3.05) is 6.54 Å². The molecule has 9 heteroatoms. The van der Waals surface area contributed by atoms with E-state index in [0.29, 0.717) is 5.65 Å². The molecule has 0 aromatic carbocycles. The van der Waals surface area contributed by atoms with Crippen molar-refractivity contribution < 1.29 is 4.39 Å². The smallest absolute Gasteiger partial charge is 0.176 e. The molecule has 0 atom stereocenters. The van der Waals surface area contributed by atoms with E-state index in [0.717, 1.165) is 79.2 Å². The Labute approximate surface area is 198 Å². The number of halogens is 1. The highest BCUT2D eigenvalue weighted by molar-refractivity contribution is 7.14. The maximum Gasteiger partial charge on any atom is 0.176 e. The molecule has 0 aliphatic rings. The molecule has 6 aromatic heterocycles. The lowest BCUT2D eigenvalue weighted by atomic mass is 10.1. The van der Waals surface area contributed by atoms with Gasteiger partial charge in [-0.25, -0.2) is 4.98 Å². The van der Waals surface area contributed by atoms with E-state index >= 15 is 0 Å². The number of pyridine rings is 3. The predicted octanol–water partition coefficient (Wildman–Crippen LogP) is 5.54. The van der Waals surface area contributed by atoms with E-state index in [2.05, 4.69) is 54.5 Å². The fraction of sp³-hybridized carbons (Fsp3) is 0.120. The zero-order valence-corrected chi connectivity index (χ0v) is 19.1. The molecule has 7 nitrogen and oxygen atoms in total. The van der Waals surface area contributed by atoms with Crippen molar-refractivity contribution in [2.45, 2.75) is 13.5 Å². The van der Waals surface area contributed by atoms with Crippen LogP contribution in [0.5, 0.6) is 0 Å². The van der Waals surface area contributed by atoms with E-state index < -0.39 is 0 Å². The summed E-state index contributed by atoms with van der Waals surface area (Å²) in [5.41, 5.74) is 7.14. The third kappa shape index (κ3) is 3.64. The van der Waals surface area contributed by atoms with Crippen molar-refractivity contribution in [3.05, 3.63) is 72.0 Å². The van der Waals surface area contributed by atoms with Crippen molar-refractivity contribution >= 4 is 33.3 Å². The van der Waals surface area contributed by atoms with Gasteiger partial charge >= 0.3 is 0 Å². The van der Waals surface area contributed by atoms with Crippen LogP contribution < -0.4 is 5.32 Å². The summed E-state index contributed by atoms with van der Waals surface area (Å²) in [5.74, 6) is 0. The van der Waals surface area contributed by atoms with Gasteiger partial charge in [-0.05, 0) is 42.4 Å². The summed E-state index contributed by atoms with van der Waals surface area (Å²) in [6.45, 7) is 3.75. The topological polar surface area (TPSA) is 95.2 Å². The Balaban J connectivity index is 1.44. The number of rotatable bonds is 6. The molecular weight excluding hydrogens is 449 g/mol. The van der Waals surface area contributed by atoms with Gasteiger partial charge in [-0.3, -0.25) is 15.1 Å². The minimum Gasteiger partial charge on any atom is -0.352 e. The zero-order valence-electron chi connectivity index (χ0n) is 18.3. The van der Waals surface area contributed by atoms with Crippen LogP contribution in [0.1, 0.15) is 12.5 Å². The van der Waals surface area contributed by atoms with E-state index in [9.17, 15) is 4.39 Å². The van der Waals surface area contributed by atoms with Crippen LogP contribution in [0.15, 0.2) is 61.3 Å². The number of H-pyrrole nitrogens is 2. The molecule has 0 saturated heterocycles. The molecule has 34 heavy (non-hydrogen) atoms. The maximum absolute atomic E-state index is 13.6. The molecular formula is C25H20FN7S. The monoisotopic (exact) mass is 469 g/mol. The van der Waals surface area contributed by atoms with E-state index in [1.807, 2.05) is 24.7 Å². The van der Waals surface area contributed by atoms with Crippen molar-refractivity contribution in [1.82, 2.24) is 35.5 Å². The number of fused-ring (bicyclic) bond motifs is 2. The summed E-state index contributed by atoms with van der Waals surface area (Å²) in [6, 6.07) is 9.49. The molecule has 0 spiro atoms. The van der Waals surface area contributed by atoms with Crippen LogP contribution in [-0.4, -0.2) is 36.7 Å². The van der Waals surface area contributed by atoms with Crippen LogP contribution in [-0.2, 0) is 6.54 Å². The Bertz CT molecular complexity index is 1630. The summed E-state index contributed by atoms with van der Waals surface area (Å²) >= 11 is 1.11. The van der Waals surface area contributed by atoms with Crippen LogP contribution in [0.4, 0.5) is 4.39 Å². The lowest BCUT2D eigenvalue weighted by Crippen LogP contribution is -2.11. The normalized spacial score (nSPS) is 11.6. The first-order chi connectivity index (χ1) is 16.7.